The van der Waals surface area contributed by atoms with Gasteiger partial charge in [-0.2, -0.15) is 0 Å². The van der Waals surface area contributed by atoms with Crippen LogP contribution in [0.25, 0.3) is 5.76 Å². The molecular formula is C25H22FNO4S. The second kappa shape index (κ2) is 8.96. The molecule has 2 heterocycles. The highest BCUT2D eigenvalue weighted by Gasteiger charge is 2.47. The Labute approximate surface area is 189 Å². The minimum Gasteiger partial charge on any atom is -0.507 e. The van der Waals surface area contributed by atoms with Crippen molar-refractivity contribution in [2.75, 3.05) is 0 Å². The molecule has 1 unspecified atom stereocenters. The van der Waals surface area contributed by atoms with Crippen LogP contribution < -0.4 is 4.74 Å². The molecule has 0 spiro atoms. The Morgan fingerprint density at radius 1 is 1.09 bits per heavy atom. The van der Waals surface area contributed by atoms with Crippen LogP contribution in [0.3, 0.4) is 0 Å². The molecule has 1 saturated heterocycles. The fourth-order valence-electron chi connectivity index (χ4n) is 3.75. The van der Waals surface area contributed by atoms with Crippen LogP contribution in [0.5, 0.6) is 5.75 Å². The summed E-state index contributed by atoms with van der Waals surface area (Å²) in [6, 6.07) is 15.2. The minimum absolute atomic E-state index is 0.0157. The number of aliphatic hydroxyl groups is 1. The number of ketones is 1. The molecule has 1 N–H and O–H groups in total. The van der Waals surface area contributed by atoms with Gasteiger partial charge in [-0.15, -0.1) is 11.3 Å². The first-order chi connectivity index (χ1) is 15.4. The molecule has 3 aromatic rings. The Morgan fingerprint density at radius 2 is 1.81 bits per heavy atom. The molecule has 2 aromatic carbocycles. The van der Waals surface area contributed by atoms with Crippen molar-refractivity contribution in [2.24, 2.45) is 0 Å². The van der Waals surface area contributed by atoms with Crippen LogP contribution in [-0.2, 0) is 16.1 Å². The van der Waals surface area contributed by atoms with Crippen molar-refractivity contribution >= 4 is 28.8 Å². The Bertz CT molecular complexity index is 1170. The van der Waals surface area contributed by atoms with Crippen molar-refractivity contribution in [3.05, 3.63) is 93.4 Å². The van der Waals surface area contributed by atoms with E-state index >= 15 is 0 Å². The van der Waals surface area contributed by atoms with Gasteiger partial charge in [-0.3, -0.25) is 9.59 Å². The van der Waals surface area contributed by atoms with Gasteiger partial charge in [-0.1, -0.05) is 24.3 Å². The number of benzene rings is 2. The van der Waals surface area contributed by atoms with E-state index in [2.05, 4.69) is 0 Å². The monoisotopic (exact) mass is 451 g/mol. The third-order valence-corrected chi connectivity index (χ3v) is 6.01. The number of halogens is 1. The van der Waals surface area contributed by atoms with Gasteiger partial charge in [0.2, 0.25) is 0 Å². The molecule has 0 radical (unpaired) electrons. The molecular weight excluding hydrogens is 429 g/mol. The van der Waals surface area contributed by atoms with Crippen molar-refractivity contribution < 1.29 is 23.8 Å². The van der Waals surface area contributed by atoms with Gasteiger partial charge in [-0.25, -0.2) is 4.39 Å². The van der Waals surface area contributed by atoms with Gasteiger partial charge in [0.25, 0.3) is 11.7 Å². The summed E-state index contributed by atoms with van der Waals surface area (Å²) in [5.74, 6) is -1.90. The molecule has 1 fully saturated rings. The van der Waals surface area contributed by atoms with E-state index in [1.165, 1.54) is 34.4 Å². The molecule has 0 saturated carbocycles. The number of carbonyl (C=O) groups is 2. The summed E-state index contributed by atoms with van der Waals surface area (Å²) in [5, 5.41) is 12.9. The topological polar surface area (TPSA) is 66.8 Å². The highest BCUT2D eigenvalue weighted by Crippen LogP contribution is 2.41. The van der Waals surface area contributed by atoms with Crippen LogP contribution in [0, 0.1) is 5.82 Å². The number of Topliss-reactive ketones (excluding diaryl/α,β-unsaturated/α-hetero) is 1. The van der Waals surface area contributed by atoms with E-state index in [0.29, 0.717) is 11.3 Å². The maximum Gasteiger partial charge on any atom is 0.295 e. The predicted octanol–water partition coefficient (Wildman–Crippen LogP) is 5.30. The number of thiophene rings is 1. The summed E-state index contributed by atoms with van der Waals surface area (Å²) in [5.41, 5.74) is 0.371. The summed E-state index contributed by atoms with van der Waals surface area (Å²) in [4.78, 5) is 28.1. The maximum absolute atomic E-state index is 14.8. The summed E-state index contributed by atoms with van der Waals surface area (Å²) in [7, 11) is 0. The molecule has 5 nitrogen and oxygen atoms in total. The molecule has 4 rings (SSSR count). The lowest BCUT2D eigenvalue weighted by Gasteiger charge is -2.25. The fraction of sp³-hybridized carbons (Fsp3) is 0.200. The van der Waals surface area contributed by atoms with E-state index in [-0.39, 0.29) is 29.5 Å². The summed E-state index contributed by atoms with van der Waals surface area (Å²) < 4.78 is 20.4. The molecule has 1 aromatic heterocycles. The molecule has 1 aliphatic heterocycles. The molecule has 0 aliphatic carbocycles. The van der Waals surface area contributed by atoms with E-state index < -0.39 is 23.5 Å². The number of aliphatic hydroxyl groups excluding tert-OH is 1. The smallest absolute Gasteiger partial charge is 0.295 e. The van der Waals surface area contributed by atoms with Gasteiger partial charge < -0.3 is 14.7 Å². The van der Waals surface area contributed by atoms with E-state index in [1.807, 2.05) is 31.4 Å². The minimum atomic E-state index is -1.04. The van der Waals surface area contributed by atoms with Gasteiger partial charge in [0.1, 0.15) is 17.3 Å². The predicted molar refractivity (Wildman–Crippen MR) is 121 cm³/mol. The average molecular weight is 452 g/mol. The zero-order chi connectivity index (χ0) is 22.8. The van der Waals surface area contributed by atoms with Crippen LogP contribution in [-0.4, -0.2) is 27.8 Å². The summed E-state index contributed by atoms with van der Waals surface area (Å²) in [6.45, 7) is 3.94. The molecule has 164 valence electrons. The number of ether oxygens (including phenoxy) is 1. The Balaban J connectivity index is 1.81. The second-order valence-corrected chi connectivity index (χ2v) is 8.75. The zero-order valence-electron chi connectivity index (χ0n) is 17.6. The van der Waals surface area contributed by atoms with Crippen molar-refractivity contribution in [3.63, 3.8) is 0 Å². The highest BCUT2D eigenvalue weighted by atomic mass is 32.1. The summed E-state index contributed by atoms with van der Waals surface area (Å²) in [6.07, 6.45) is -0.0157. The molecule has 1 atom stereocenters. The molecule has 7 heteroatoms. The maximum atomic E-state index is 14.8. The zero-order valence-corrected chi connectivity index (χ0v) is 18.4. The van der Waals surface area contributed by atoms with Gasteiger partial charge in [-0.05, 0) is 55.6 Å². The first kappa shape index (κ1) is 21.8. The van der Waals surface area contributed by atoms with Crippen molar-refractivity contribution in [1.29, 1.82) is 0 Å². The van der Waals surface area contributed by atoms with Crippen molar-refractivity contribution in [2.45, 2.75) is 32.5 Å². The molecule has 0 bridgehead atoms. The number of likely N-dealkylation sites (tertiary alicyclic amines) is 1. The van der Waals surface area contributed by atoms with Crippen LogP contribution in [0.15, 0.2) is 71.6 Å². The third kappa shape index (κ3) is 4.16. The Morgan fingerprint density at radius 3 is 2.44 bits per heavy atom. The largest absolute Gasteiger partial charge is 0.507 e. The lowest BCUT2D eigenvalue weighted by molar-refractivity contribution is -0.140. The average Bonchev–Trinajstić information content (AvgIpc) is 3.36. The van der Waals surface area contributed by atoms with E-state index in [0.717, 1.165) is 4.88 Å². The number of nitrogens with zero attached hydrogens (tertiary/aromatic N) is 1. The number of rotatable bonds is 6. The van der Waals surface area contributed by atoms with Gasteiger partial charge in [0, 0.05) is 16.0 Å². The standard InChI is InChI=1S/C25H22FNO4S/c1-15(2)31-17-11-9-16(10-12-17)23(28)21-22(19-7-3-4-8-20(19)26)27(25(30)24(21)29)14-18-6-5-13-32-18/h3-13,15,22,28H,14H2,1-2H3/b23-21-. The lowest BCUT2D eigenvalue weighted by atomic mass is 9.95. The van der Waals surface area contributed by atoms with Crippen molar-refractivity contribution in [3.8, 4) is 5.75 Å². The number of hydrogen-bond donors (Lipinski definition) is 1. The first-order valence-electron chi connectivity index (χ1n) is 10.2. The van der Waals surface area contributed by atoms with Crippen LogP contribution >= 0.6 is 11.3 Å². The van der Waals surface area contributed by atoms with E-state index in [9.17, 15) is 19.1 Å². The first-order valence-corrected chi connectivity index (χ1v) is 11.1. The second-order valence-electron chi connectivity index (χ2n) is 7.72. The summed E-state index contributed by atoms with van der Waals surface area (Å²) >= 11 is 1.44. The van der Waals surface area contributed by atoms with Crippen LogP contribution in [0.4, 0.5) is 4.39 Å². The Kier molecular flexibility index (Phi) is 6.10. The molecule has 32 heavy (non-hydrogen) atoms. The van der Waals surface area contributed by atoms with Gasteiger partial charge >= 0.3 is 0 Å². The quantitative estimate of drug-likeness (QED) is 0.314. The molecule has 1 amide bonds. The normalized spacial score (nSPS) is 17.9. The SMILES string of the molecule is CC(C)Oc1ccc(/C(O)=C2/C(=O)C(=O)N(Cc3cccs3)C2c2ccccc2F)cc1. The number of carbonyl (C=O) groups excluding carboxylic acids is 2. The highest BCUT2D eigenvalue weighted by molar-refractivity contribution is 7.09. The lowest BCUT2D eigenvalue weighted by Crippen LogP contribution is -2.29. The number of hydrogen-bond acceptors (Lipinski definition) is 5. The molecule has 1 aliphatic rings. The number of amides is 1. The Hall–Kier alpha value is -3.45. The van der Waals surface area contributed by atoms with Crippen molar-refractivity contribution in [1.82, 2.24) is 4.90 Å². The van der Waals surface area contributed by atoms with Gasteiger partial charge in [0.15, 0.2) is 0 Å². The fourth-order valence-corrected chi connectivity index (χ4v) is 4.46. The van der Waals surface area contributed by atoms with Gasteiger partial charge in [0.05, 0.1) is 24.3 Å². The van der Waals surface area contributed by atoms with E-state index in [4.69, 9.17) is 4.74 Å². The van der Waals surface area contributed by atoms with E-state index in [1.54, 1.807) is 30.3 Å². The van der Waals surface area contributed by atoms with Crippen LogP contribution in [0.1, 0.15) is 35.9 Å². The van der Waals surface area contributed by atoms with Crippen LogP contribution in [0.2, 0.25) is 0 Å². The third-order valence-electron chi connectivity index (χ3n) is 5.15.